The summed E-state index contributed by atoms with van der Waals surface area (Å²) in [5.74, 6) is 0.588. The molecule has 6 heteroatoms. The molecule has 4 aromatic carbocycles. The first-order valence-electron chi connectivity index (χ1n) is 11.0. The first kappa shape index (κ1) is 22.4. The van der Waals surface area contributed by atoms with Crippen molar-refractivity contribution >= 4 is 39.8 Å². The number of amides is 1. The fraction of sp³-hybridized carbons (Fsp3) is 0.0345. The van der Waals surface area contributed by atoms with E-state index in [4.69, 9.17) is 20.8 Å². The molecule has 1 heterocycles. The van der Waals surface area contributed by atoms with Gasteiger partial charge in [-0.2, -0.15) is 0 Å². The highest BCUT2D eigenvalue weighted by atomic mass is 35.5. The van der Waals surface area contributed by atoms with Gasteiger partial charge in [-0.15, -0.1) is 0 Å². The zero-order valence-corrected chi connectivity index (χ0v) is 19.3. The molecule has 0 spiro atoms. The molecule has 172 valence electrons. The second-order valence-electron chi connectivity index (χ2n) is 7.90. The van der Waals surface area contributed by atoms with E-state index in [1.165, 1.54) is 6.07 Å². The van der Waals surface area contributed by atoms with Crippen molar-refractivity contribution in [3.63, 3.8) is 0 Å². The van der Waals surface area contributed by atoms with Crippen LogP contribution < -0.4 is 10.1 Å². The van der Waals surface area contributed by atoms with Gasteiger partial charge in [0.25, 0.3) is 5.91 Å². The first-order chi connectivity index (χ1) is 17.1. The Balaban J connectivity index is 1.29. The van der Waals surface area contributed by atoms with E-state index in [1.54, 1.807) is 48.5 Å². The van der Waals surface area contributed by atoms with Gasteiger partial charge in [0.1, 0.15) is 18.1 Å². The van der Waals surface area contributed by atoms with Crippen LogP contribution in [0.4, 0.5) is 5.69 Å². The van der Waals surface area contributed by atoms with Crippen LogP contribution in [0.25, 0.3) is 10.8 Å². The van der Waals surface area contributed by atoms with Gasteiger partial charge in [-0.05, 0) is 53.2 Å². The fourth-order valence-electron chi connectivity index (χ4n) is 3.73. The maximum atomic E-state index is 13.0. The Kier molecular flexibility index (Phi) is 6.33. The monoisotopic (exact) mass is 481 g/mol. The van der Waals surface area contributed by atoms with E-state index in [0.29, 0.717) is 33.3 Å². The second kappa shape index (κ2) is 9.87. The number of rotatable bonds is 7. The molecular formula is C29H20ClNO4. The van der Waals surface area contributed by atoms with Gasteiger partial charge in [0.15, 0.2) is 11.5 Å². The van der Waals surface area contributed by atoms with Crippen LogP contribution in [0.5, 0.6) is 5.75 Å². The topological polar surface area (TPSA) is 68.5 Å². The maximum Gasteiger partial charge on any atom is 0.291 e. The molecule has 0 radical (unpaired) electrons. The summed E-state index contributed by atoms with van der Waals surface area (Å²) in [7, 11) is 0. The zero-order chi connectivity index (χ0) is 24.2. The average Bonchev–Trinajstić information content (AvgIpc) is 3.38. The van der Waals surface area contributed by atoms with Gasteiger partial charge in [-0.1, -0.05) is 72.3 Å². The number of fused-ring (bicyclic) bond motifs is 1. The normalized spacial score (nSPS) is 10.8. The van der Waals surface area contributed by atoms with Gasteiger partial charge in [0.05, 0.1) is 5.69 Å². The lowest BCUT2D eigenvalue weighted by molar-refractivity contribution is 0.0992. The van der Waals surface area contributed by atoms with Gasteiger partial charge in [-0.3, -0.25) is 9.59 Å². The summed E-state index contributed by atoms with van der Waals surface area (Å²) in [6.07, 6.45) is 0. The second-order valence-corrected chi connectivity index (χ2v) is 8.34. The highest BCUT2D eigenvalue weighted by Crippen LogP contribution is 2.25. The third kappa shape index (κ3) is 5.10. The van der Waals surface area contributed by atoms with Gasteiger partial charge in [0.2, 0.25) is 0 Å². The summed E-state index contributed by atoms with van der Waals surface area (Å²) in [6.45, 7) is 0.171. The minimum absolute atomic E-state index is 0.107. The van der Waals surface area contributed by atoms with Crippen LogP contribution in [0.3, 0.4) is 0 Å². The number of halogens is 1. The Morgan fingerprint density at radius 3 is 2.40 bits per heavy atom. The number of ether oxygens (including phenoxy) is 1. The molecule has 0 unspecified atom stereocenters. The van der Waals surface area contributed by atoms with Crippen molar-refractivity contribution < 1.29 is 18.7 Å². The molecule has 1 N–H and O–H groups in total. The number of ketones is 1. The Morgan fingerprint density at radius 1 is 0.800 bits per heavy atom. The number of furan rings is 1. The smallest absolute Gasteiger partial charge is 0.291 e. The van der Waals surface area contributed by atoms with Crippen molar-refractivity contribution in [2.75, 3.05) is 5.32 Å². The minimum atomic E-state index is -0.480. The molecule has 0 fully saturated rings. The lowest BCUT2D eigenvalue weighted by Gasteiger charge is -2.10. The number of nitrogens with one attached hydrogen (secondary N) is 1. The summed E-state index contributed by atoms with van der Waals surface area (Å²) in [5, 5.41) is 5.36. The fourth-order valence-corrected chi connectivity index (χ4v) is 3.90. The zero-order valence-electron chi connectivity index (χ0n) is 18.5. The van der Waals surface area contributed by atoms with Crippen molar-refractivity contribution in [3.05, 3.63) is 131 Å². The lowest BCUT2D eigenvalue weighted by atomic mass is 10.0. The minimum Gasteiger partial charge on any atom is -0.486 e. The molecule has 0 aliphatic heterocycles. The van der Waals surface area contributed by atoms with Crippen LogP contribution in [0, 0.1) is 0 Å². The Bertz CT molecular complexity index is 1520. The first-order valence-corrected chi connectivity index (χ1v) is 11.4. The van der Waals surface area contributed by atoms with Crippen LogP contribution in [-0.4, -0.2) is 11.7 Å². The van der Waals surface area contributed by atoms with Crippen molar-refractivity contribution in [1.29, 1.82) is 0 Å². The number of benzene rings is 4. The Hall–Kier alpha value is -4.35. The van der Waals surface area contributed by atoms with E-state index in [2.05, 4.69) is 5.32 Å². The maximum absolute atomic E-state index is 13.0. The van der Waals surface area contributed by atoms with E-state index in [-0.39, 0.29) is 18.2 Å². The highest BCUT2D eigenvalue weighted by molar-refractivity contribution is 6.31. The van der Waals surface area contributed by atoms with E-state index in [1.807, 2.05) is 48.5 Å². The molecule has 5 nitrogen and oxygen atoms in total. The summed E-state index contributed by atoms with van der Waals surface area (Å²) in [5.41, 5.74) is 1.14. The molecule has 5 aromatic rings. The largest absolute Gasteiger partial charge is 0.486 e. The van der Waals surface area contributed by atoms with Crippen LogP contribution in [0.1, 0.15) is 32.2 Å². The average molecular weight is 482 g/mol. The van der Waals surface area contributed by atoms with Crippen molar-refractivity contribution in [2.24, 2.45) is 0 Å². The van der Waals surface area contributed by atoms with Gasteiger partial charge in [-0.25, -0.2) is 0 Å². The third-order valence-electron chi connectivity index (χ3n) is 5.50. The summed E-state index contributed by atoms with van der Waals surface area (Å²) in [6, 6.07) is 30.7. The molecule has 0 aliphatic rings. The number of carbonyl (C=O) groups excluding carboxylic acids is 2. The summed E-state index contributed by atoms with van der Waals surface area (Å²) >= 11 is 6.13. The van der Waals surface area contributed by atoms with Gasteiger partial charge < -0.3 is 14.5 Å². The standard InChI is InChI=1S/C29H20ClNO4/c30-22-11-14-26(25(17-22)28(32)20-7-2-1-3-8-20)31-29(33)27-15-13-24(35-27)18-34-23-12-10-19-6-4-5-9-21(19)16-23/h1-17H,18H2,(H,31,33). The molecule has 0 saturated heterocycles. The number of hydrogen-bond acceptors (Lipinski definition) is 4. The molecular weight excluding hydrogens is 462 g/mol. The quantitative estimate of drug-likeness (QED) is 0.251. The van der Waals surface area contributed by atoms with Crippen molar-refractivity contribution in [1.82, 2.24) is 0 Å². The SMILES string of the molecule is O=C(Nc1ccc(Cl)cc1C(=O)c1ccccc1)c1ccc(COc2ccc3ccccc3c2)o1. The molecule has 0 aliphatic carbocycles. The van der Waals surface area contributed by atoms with Crippen LogP contribution >= 0.6 is 11.6 Å². The Morgan fingerprint density at radius 2 is 1.57 bits per heavy atom. The van der Waals surface area contributed by atoms with Gasteiger partial charge >= 0.3 is 0 Å². The summed E-state index contributed by atoms with van der Waals surface area (Å²) in [4.78, 5) is 25.8. The predicted molar refractivity (Wildman–Crippen MR) is 136 cm³/mol. The molecule has 0 saturated carbocycles. The van der Waals surface area contributed by atoms with Crippen LogP contribution in [-0.2, 0) is 6.61 Å². The molecule has 1 aromatic heterocycles. The number of anilines is 1. The Labute approximate surface area is 206 Å². The van der Waals surface area contributed by atoms with E-state index in [0.717, 1.165) is 10.8 Å². The molecule has 0 atom stereocenters. The van der Waals surface area contributed by atoms with E-state index >= 15 is 0 Å². The summed E-state index contributed by atoms with van der Waals surface area (Å²) < 4.78 is 11.5. The lowest BCUT2D eigenvalue weighted by Crippen LogP contribution is -2.14. The predicted octanol–water partition coefficient (Wildman–Crippen LogP) is 7.15. The molecule has 5 rings (SSSR count). The number of hydrogen-bond donors (Lipinski definition) is 1. The van der Waals surface area contributed by atoms with Gasteiger partial charge in [0, 0.05) is 16.1 Å². The highest BCUT2D eigenvalue weighted by Gasteiger charge is 2.18. The van der Waals surface area contributed by atoms with Crippen LogP contribution in [0.2, 0.25) is 5.02 Å². The molecule has 0 bridgehead atoms. The number of carbonyl (C=O) groups is 2. The molecule has 35 heavy (non-hydrogen) atoms. The third-order valence-corrected chi connectivity index (χ3v) is 5.73. The van der Waals surface area contributed by atoms with Crippen LogP contribution in [0.15, 0.2) is 108 Å². The van der Waals surface area contributed by atoms with Crippen molar-refractivity contribution in [3.8, 4) is 5.75 Å². The van der Waals surface area contributed by atoms with E-state index < -0.39 is 5.91 Å². The van der Waals surface area contributed by atoms with E-state index in [9.17, 15) is 9.59 Å². The molecule has 1 amide bonds. The van der Waals surface area contributed by atoms with Crippen molar-refractivity contribution in [2.45, 2.75) is 6.61 Å².